The summed E-state index contributed by atoms with van der Waals surface area (Å²) in [6.45, 7) is 5.82. The van der Waals surface area contributed by atoms with Gasteiger partial charge < -0.3 is 19.3 Å². The molecule has 1 aromatic heterocycles. The molecule has 10 heteroatoms. The number of rotatable bonds is 6. The average Bonchev–Trinajstić information content (AvgIpc) is 3.19. The fourth-order valence-electron chi connectivity index (χ4n) is 3.32. The molecule has 168 valence electrons. The Morgan fingerprint density at radius 1 is 1.03 bits per heavy atom. The zero-order chi connectivity index (χ0) is 22.9. The Balaban J connectivity index is 1.73. The first-order chi connectivity index (χ1) is 15.3. The van der Waals surface area contributed by atoms with E-state index in [4.69, 9.17) is 14.0 Å². The largest absolute Gasteiger partial charge is 0.486 e. The number of sulfonamides is 1. The summed E-state index contributed by atoms with van der Waals surface area (Å²) >= 11 is 0. The molecule has 0 radical (unpaired) electrons. The molecular formula is C22H23N3O6S. The van der Waals surface area contributed by atoms with Gasteiger partial charge in [0.15, 0.2) is 17.3 Å². The van der Waals surface area contributed by atoms with Gasteiger partial charge in [-0.3, -0.25) is 9.10 Å². The van der Waals surface area contributed by atoms with Crippen molar-refractivity contribution in [2.45, 2.75) is 31.7 Å². The molecule has 0 bridgehead atoms. The SMILES string of the molecule is Cc1ccc(N([C@@H](C)C(=O)Nc2cc(C)on2)S(=O)(=O)c2ccc3c(c2)OCCO3)cc1. The minimum atomic E-state index is -4.14. The highest BCUT2D eigenvalue weighted by Gasteiger charge is 2.34. The van der Waals surface area contributed by atoms with E-state index >= 15 is 0 Å². The molecule has 3 aromatic rings. The highest BCUT2D eigenvalue weighted by molar-refractivity contribution is 7.93. The molecule has 0 aliphatic carbocycles. The van der Waals surface area contributed by atoms with Crippen LogP contribution in [-0.2, 0) is 14.8 Å². The van der Waals surface area contributed by atoms with Gasteiger partial charge in [0, 0.05) is 12.1 Å². The maximum absolute atomic E-state index is 13.7. The van der Waals surface area contributed by atoms with Crippen LogP contribution in [0.15, 0.2) is 57.9 Å². The van der Waals surface area contributed by atoms with Gasteiger partial charge in [0.25, 0.3) is 10.0 Å². The quantitative estimate of drug-likeness (QED) is 0.605. The molecule has 1 amide bonds. The van der Waals surface area contributed by atoms with Crippen LogP contribution in [0.4, 0.5) is 11.5 Å². The van der Waals surface area contributed by atoms with E-state index in [1.807, 2.05) is 6.92 Å². The van der Waals surface area contributed by atoms with Gasteiger partial charge in [0.1, 0.15) is 25.0 Å². The Kier molecular flexibility index (Phi) is 5.79. The van der Waals surface area contributed by atoms with Gasteiger partial charge in [-0.25, -0.2) is 8.42 Å². The number of fused-ring (bicyclic) bond motifs is 1. The summed E-state index contributed by atoms with van der Waals surface area (Å²) in [5.41, 5.74) is 1.31. The molecule has 0 saturated heterocycles. The summed E-state index contributed by atoms with van der Waals surface area (Å²) in [5.74, 6) is 0.993. The summed E-state index contributed by atoms with van der Waals surface area (Å²) in [7, 11) is -4.14. The van der Waals surface area contributed by atoms with Crippen molar-refractivity contribution in [1.82, 2.24) is 5.16 Å². The van der Waals surface area contributed by atoms with E-state index in [1.165, 1.54) is 19.1 Å². The third-order valence-electron chi connectivity index (χ3n) is 4.97. The van der Waals surface area contributed by atoms with Gasteiger partial charge in [-0.15, -0.1) is 0 Å². The average molecular weight is 458 g/mol. The third-order valence-corrected chi connectivity index (χ3v) is 6.86. The first-order valence-corrected chi connectivity index (χ1v) is 11.4. The second-order valence-corrected chi connectivity index (χ2v) is 9.24. The van der Waals surface area contributed by atoms with Crippen LogP contribution in [0.1, 0.15) is 18.2 Å². The summed E-state index contributed by atoms with van der Waals surface area (Å²) < 4.78 is 44.5. The molecule has 0 spiro atoms. The maximum atomic E-state index is 13.7. The van der Waals surface area contributed by atoms with Crippen molar-refractivity contribution in [2.75, 3.05) is 22.8 Å². The number of ether oxygens (including phenoxy) is 2. The predicted octanol–water partition coefficient (Wildman–Crippen LogP) is 3.29. The molecule has 9 nitrogen and oxygen atoms in total. The number of aryl methyl sites for hydroxylation is 2. The Labute approximate surface area is 186 Å². The molecular weight excluding hydrogens is 434 g/mol. The lowest BCUT2D eigenvalue weighted by Gasteiger charge is -2.30. The summed E-state index contributed by atoms with van der Waals surface area (Å²) in [5, 5.41) is 6.35. The van der Waals surface area contributed by atoms with Crippen LogP contribution in [0.5, 0.6) is 11.5 Å². The van der Waals surface area contributed by atoms with Gasteiger partial charge in [-0.05, 0) is 45.0 Å². The van der Waals surface area contributed by atoms with Crippen LogP contribution < -0.4 is 19.1 Å². The molecule has 32 heavy (non-hydrogen) atoms. The Bertz CT molecular complexity index is 1240. The monoisotopic (exact) mass is 457 g/mol. The summed E-state index contributed by atoms with van der Waals surface area (Å²) in [4.78, 5) is 13.0. The number of hydrogen-bond donors (Lipinski definition) is 1. The Hall–Kier alpha value is -3.53. The highest BCUT2D eigenvalue weighted by Crippen LogP contribution is 2.35. The minimum Gasteiger partial charge on any atom is -0.486 e. The third kappa shape index (κ3) is 4.26. The van der Waals surface area contributed by atoms with Crippen molar-refractivity contribution in [3.05, 3.63) is 59.9 Å². The first kappa shape index (κ1) is 21.7. The van der Waals surface area contributed by atoms with Gasteiger partial charge in [-0.1, -0.05) is 22.9 Å². The number of nitrogens with one attached hydrogen (secondary N) is 1. The van der Waals surface area contributed by atoms with Gasteiger partial charge >= 0.3 is 0 Å². The van der Waals surface area contributed by atoms with E-state index in [1.54, 1.807) is 43.3 Å². The van der Waals surface area contributed by atoms with Gasteiger partial charge in [0.05, 0.1) is 10.6 Å². The first-order valence-electron chi connectivity index (χ1n) is 10.0. The van der Waals surface area contributed by atoms with Crippen LogP contribution in [0, 0.1) is 13.8 Å². The molecule has 0 fully saturated rings. The summed E-state index contributed by atoms with van der Waals surface area (Å²) in [6, 6.07) is 11.8. The number of nitrogens with zero attached hydrogens (tertiary/aromatic N) is 2. The summed E-state index contributed by atoms with van der Waals surface area (Å²) in [6.07, 6.45) is 0. The molecule has 0 saturated carbocycles. The zero-order valence-electron chi connectivity index (χ0n) is 17.9. The lowest BCUT2D eigenvalue weighted by atomic mass is 10.2. The number of aromatic nitrogens is 1. The van der Waals surface area contributed by atoms with Crippen LogP contribution in [0.3, 0.4) is 0 Å². The Morgan fingerprint density at radius 2 is 1.72 bits per heavy atom. The number of carbonyl (C=O) groups excluding carboxylic acids is 1. The standard InChI is InChI=1S/C22H23N3O6S/c1-14-4-6-17(7-5-14)25(16(3)22(26)23-21-12-15(2)31-24-21)32(27,28)18-8-9-19-20(13-18)30-11-10-29-19/h4-9,12-13,16H,10-11H2,1-3H3,(H,23,24,26)/t16-/m0/s1. The smallest absolute Gasteiger partial charge is 0.265 e. The molecule has 4 rings (SSSR count). The topological polar surface area (TPSA) is 111 Å². The van der Waals surface area contributed by atoms with Crippen LogP contribution in [-0.4, -0.2) is 38.7 Å². The van der Waals surface area contributed by atoms with E-state index in [-0.39, 0.29) is 10.7 Å². The molecule has 1 N–H and O–H groups in total. The molecule has 1 atom stereocenters. The van der Waals surface area contributed by atoms with Crippen LogP contribution >= 0.6 is 0 Å². The van der Waals surface area contributed by atoms with E-state index in [9.17, 15) is 13.2 Å². The van der Waals surface area contributed by atoms with Crippen LogP contribution in [0.25, 0.3) is 0 Å². The molecule has 1 aliphatic rings. The van der Waals surface area contributed by atoms with Crippen molar-refractivity contribution >= 4 is 27.4 Å². The fourth-order valence-corrected chi connectivity index (χ4v) is 4.96. The lowest BCUT2D eigenvalue weighted by Crippen LogP contribution is -2.46. The number of anilines is 2. The number of hydrogen-bond acceptors (Lipinski definition) is 7. The molecule has 1 aliphatic heterocycles. The predicted molar refractivity (Wildman–Crippen MR) is 118 cm³/mol. The van der Waals surface area contributed by atoms with Crippen molar-refractivity contribution in [1.29, 1.82) is 0 Å². The molecule has 2 heterocycles. The number of benzene rings is 2. The van der Waals surface area contributed by atoms with Gasteiger partial charge in [-0.2, -0.15) is 0 Å². The van der Waals surface area contributed by atoms with Crippen molar-refractivity contribution in [2.24, 2.45) is 0 Å². The van der Waals surface area contributed by atoms with Crippen LogP contribution in [0.2, 0.25) is 0 Å². The van der Waals surface area contributed by atoms with E-state index < -0.39 is 22.0 Å². The lowest BCUT2D eigenvalue weighted by molar-refractivity contribution is -0.116. The van der Waals surface area contributed by atoms with Crippen molar-refractivity contribution in [3.63, 3.8) is 0 Å². The number of amides is 1. The molecule has 0 unspecified atom stereocenters. The fraction of sp³-hybridized carbons (Fsp3) is 0.273. The Morgan fingerprint density at radius 3 is 2.38 bits per heavy atom. The highest BCUT2D eigenvalue weighted by atomic mass is 32.2. The molecule has 2 aromatic carbocycles. The normalized spacial score (nSPS) is 14.0. The minimum absolute atomic E-state index is 0.0146. The van der Waals surface area contributed by atoms with E-state index in [0.29, 0.717) is 36.2 Å². The van der Waals surface area contributed by atoms with Crippen molar-refractivity contribution in [3.8, 4) is 11.5 Å². The van der Waals surface area contributed by atoms with E-state index in [0.717, 1.165) is 9.87 Å². The second-order valence-electron chi connectivity index (χ2n) is 7.43. The van der Waals surface area contributed by atoms with Crippen molar-refractivity contribution < 1.29 is 27.2 Å². The van der Waals surface area contributed by atoms with Gasteiger partial charge in [0.2, 0.25) is 5.91 Å². The zero-order valence-corrected chi connectivity index (χ0v) is 18.7. The number of carbonyl (C=O) groups is 1. The maximum Gasteiger partial charge on any atom is 0.265 e. The van der Waals surface area contributed by atoms with E-state index in [2.05, 4.69) is 10.5 Å². The second kappa shape index (κ2) is 8.54.